The van der Waals surface area contributed by atoms with Gasteiger partial charge in [-0.2, -0.15) is 0 Å². The highest BCUT2D eigenvalue weighted by Crippen LogP contribution is 2.19. The summed E-state index contributed by atoms with van der Waals surface area (Å²) in [7, 11) is -3.84. The van der Waals surface area contributed by atoms with Crippen LogP contribution in [0.4, 0.5) is 10.1 Å². The van der Waals surface area contributed by atoms with Crippen LogP contribution in [0.3, 0.4) is 0 Å². The topological polar surface area (TPSA) is 128 Å². The molecule has 30 heavy (non-hydrogen) atoms. The molecule has 1 atom stereocenters. The van der Waals surface area contributed by atoms with E-state index in [0.717, 1.165) is 0 Å². The summed E-state index contributed by atoms with van der Waals surface area (Å²) >= 11 is 0. The number of rotatable bonds is 5. The number of hydrogen-bond acceptors (Lipinski definition) is 6. The third kappa shape index (κ3) is 4.78. The van der Waals surface area contributed by atoms with Crippen molar-refractivity contribution in [2.24, 2.45) is 5.14 Å². The molecule has 2 aromatic carbocycles. The van der Waals surface area contributed by atoms with E-state index in [1.165, 1.54) is 55.5 Å². The van der Waals surface area contributed by atoms with Crippen LogP contribution in [-0.2, 0) is 19.6 Å². The van der Waals surface area contributed by atoms with Gasteiger partial charge in [0.1, 0.15) is 5.82 Å². The first-order valence-electron chi connectivity index (χ1n) is 8.76. The number of primary sulfonamides is 1. The average molecular weight is 431 g/mol. The number of nitrogens with zero attached hydrogens (tertiary/aromatic N) is 1. The van der Waals surface area contributed by atoms with Gasteiger partial charge in [-0.3, -0.25) is 9.78 Å². The van der Waals surface area contributed by atoms with E-state index in [-0.39, 0.29) is 10.5 Å². The molecule has 156 valence electrons. The zero-order valence-corrected chi connectivity index (χ0v) is 16.9. The number of benzene rings is 2. The molecule has 0 aliphatic carbocycles. The zero-order valence-electron chi connectivity index (χ0n) is 16.0. The smallest absolute Gasteiger partial charge is 0.340 e. The van der Waals surface area contributed by atoms with Gasteiger partial charge in [0.15, 0.2) is 6.10 Å². The summed E-state index contributed by atoms with van der Waals surface area (Å²) in [4.78, 5) is 28.9. The molecule has 0 aliphatic heterocycles. The van der Waals surface area contributed by atoms with E-state index in [1.807, 2.05) is 0 Å². The standard InChI is InChI=1S/C20H18FN3O5S/c1-11-17(9-13-3-4-14(21)10-18(13)23-11)20(26)29-12(2)19(25)24-15-5-7-16(8-6-15)30(22,27)28/h3-10,12H,1-2H3,(H,24,25)(H2,22,27,28). The fourth-order valence-corrected chi connectivity index (χ4v) is 3.21. The maximum absolute atomic E-state index is 13.3. The molecule has 1 amide bonds. The van der Waals surface area contributed by atoms with E-state index in [1.54, 1.807) is 6.92 Å². The normalized spacial score (nSPS) is 12.4. The molecule has 0 saturated heterocycles. The summed E-state index contributed by atoms with van der Waals surface area (Å²) in [6.45, 7) is 2.98. The van der Waals surface area contributed by atoms with Crippen LogP contribution in [0.5, 0.6) is 0 Å². The van der Waals surface area contributed by atoms with Gasteiger partial charge >= 0.3 is 5.97 Å². The van der Waals surface area contributed by atoms with Crippen molar-refractivity contribution in [1.82, 2.24) is 4.98 Å². The third-order valence-corrected chi connectivity index (χ3v) is 5.22. The van der Waals surface area contributed by atoms with Crippen LogP contribution in [0.2, 0.25) is 0 Å². The maximum Gasteiger partial charge on any atom is 0.340 e. The largest absolute Gasteiger partial charge is 0.449 e. The molecule has 0 spiro atoms. The van der Waals surface area contributed by atoms with E-state index >= 15 is 0 Å². The summed E-state index contributed by atoms with van der Waals surface area (Å²) < 4.78 is 41.1. The summed E-state index contributed by atoms with van der Waals surface area (Å²) in [5, 5.41) is 8.10. The second-order valence-electron chi connectivity index (χ2n) is 6.56. The lowest BCUT2D eigenvalue weighted by atomic mass is 10.1. The highest BCUT2D eigenvalue weighted by Gasteiger charge is 2.21. The number of sulfonamides is 1. The van der Waals surface area contributed by atoms with Crippen molar-refractivity contribution in [3.8, 4) is 0 Å². The fourth-order valence-electron chi connectivity index (χ4n) is 2.69. The molecule has 3 N–H and O–H groups in total. The Balaban J connectivity index is 1.70. The van der Waals surface area contributed by atoms with Crippen molar-refractivity contribution in [3.63, 3.8) is 0 Å². The average Bonchev–Trinajstić information content (AvgIpc) is 2.66. The first-order valence-corrected chi connectivity index (χ1v) is 10.3. The predicted molar refractivity (Wildman–Crippen MR) is 108 cm³/mol. The number of carbonyl (C=O) groups excluding carboxylic acids is 2. The number of halogens is 1. The molecule has 0 bridgehead atoms. The van der Waals surface area contributed by atoms with Gasteiger partial charge < -0.3 is 10.1 Å². The van der Waals surface area contributed by atoms with Crippen LogP contribution >= 0.6 is 0 Å². The van der Waals surface area contributed by atoms with Crippen LogP contribution < -0.4 is 10.5 Å². The van der Waals surface area contributed by atoms with Gasteiger partial charge in [0, 0.05) is 17.1 Å². The zero-order chi connectivity index (χ0) is 22.1. The van der Waals surface area contributed by atoms with Gasteiger partial charge in [0.2, 0.25) is 10.0 Å². The number of aryl methyl sites for hydroxylation is 1. The molecule has 1 aromatic heterocycles. The van der Waals surface area contributed by atoms with Crippen molar-refractivity contribution >= 4 is 38.5 Å². The molecule has 3 aromatic rings. The summed E-state index contributed by atoms with van der Waals surface area (Å²) in [5.74, 6) is -1.80. The number of ether oxygens (including phenoxy) is 1. The molecule has 0 saturated carbocycles. The summed E-state index contributed by atoms with van der Waals surface area (Å²) in [5.41, 5.74) is 1.20. The van der Waals surface area contributed by atoms with Crippen LogP contribution in [0.1, 0.15) is 23.0 Å². The SMILES string of the molecule is Cc1nc2cc(F)ccc2cc1C(=O)OC(C)C(=O)Nc1ccc(S(N)(=O)=O)cc1. The van der Waals surface area contributed by atoms with Crippen molar-refractivity contribution in [1.29, 1.82) is 0 Å². The van der Waals surface area contributed by atoms with Crippen molar-refractivity contribution < 1.29 is 27.1 Å². The number of hydrogen-bond donors (Lipinski definition) is 2. The number of pyridine rings is 1. The number of nitrogens with one attached hydrogen (secondary N) is 1. The monoisotopic (exact) mass is 431 g/mol. The predicted octanol–water partition coefficient (Wildman–Crippen LogP) is 2.51. The van der Waals surface area contributed by atoms with Crippen molar-refractivity contribution in [3.05, 3.63) is 65.6 Å². The van der Waals surface area contributed by atoms with E-state index in [0.29, 0.717) is 22.3 Å². The lowest BCUT2D eigenvalue weighted by Crippen LogP contribution is -2.30. The minimum absolute atomic E-state index is 0.0980. The van der Waals surface area contributed by atoms with Gasteiger partial charge in [-0.1, -0.05) is 0 Å². The Morgan fingerprint density at radius 1 is 1.13 bits per heavy atom. The highest BCUT2D eigenvalue weighted by molar-refractivity contribution is 7.89. The van der Waals surface area contributed by atoms with Gasteiger partial charge in [-0.15, -0.1) is 0 Å². The first-order chi connectivity index (χ1) is 14.0. The molecule has 1 unspecified atom stereocenters. The second-order valence-corrected chi connectivity index (χ2v) is 8.13. The Morgan fingerprint density at radius 2 is 1.80 bits per heavy atom. The van der Waals surface area contributed by atoms with E-state index in [9.17, 15) is 22.4 Å². The van der Waals surface area contributed by atoms with Gasteiger partial charge in [0.25, 0.3) is 5.91 Å². The molecule has 0 fully saturated rings. The Kier molecular flexibility index (Phi) is 5.81. The third-order valence-electron chi connectivity index (χ3n) is 4.29. The molecular formula is C20H18FN3O5S. The maximum atomic E-state index is 13.3. The summed E-state index contributed by atoms with van der Waals surface area (Å²) in [6, 6.07) is 10.8. The molecule has 1 heterocycles. The van der Waals surface area contributed by atoms with Crippen LogP contribution in [0.15, 0.2) is 53.4 Å². The minimum atomic E-state index is -3.84. The molecule has 0 radical (unpaired) electrons. The number of aromatic nitrogens is 1. The number of esters is 1. The number of fused-ring (bicyclic) bond motifs is 1. The van der Waals surface area contributed by atoms with Gasteiger partial charge in [0.05, 0.1) is 21.7 Å². The molecule has 10 heteroatoms. The fraction of sp³-hybridized carbons (Fsp3) is 0.150. The highest BCUT2D eigenvalue weighted by atomic mass is 32.2. The van der Waals surface area contributed by atoms with Crippen LogP contribution in [0.25, 0.3) is 10.9 Å². The Morgan fingerprint density at radius 3 is 2.43 bits per heavy atom. The molecule has 0 aliphatic rings. The second kappa shape index (κ2) is 8.17. The molecular weight excluding hydrogens is 413 g/mol. The van der Waals surface area contributed by atoms with Gasteiger partial charge in [-0.25, -0.2) is 22.7 Å². The van der Waals surface area contributed by atoms with Crippen LogP contribution in [0, 0.1) is 12.7 Å². The van der Waals surface area contributed by atoms with E-state index < -0.39 is 33.8 Å². The van der Waals surface area contributed by atoms with E-state index in [2.05, 4.69) is 10.3 Å². The van der Waals surface area contributed by atoms with E-state index in [4.69, 9.17) is 9.88 Å². The minimum Gasteiger partial charge on any atom is -0.449 e. The Bertz CT molecular complexity index is 1240. The molecule has 8 nitrogen and oxygen atoms in total. The number of anilines is 1. The lowest BCUT2D eigenvalue weighted by Gasteiger charge is -2.15. The Labute approximate surface area is 171 Å². The summed E-state index contributed by atoms with van der Waals surface area (Å²) in [6.07, 6.45) is -1.14. The Hall–Kier alpha value is -3.37. The number of carbonyl (C=O) groups is 2. The van der Waals surface area contributed by atoms with Gasteiger partial charge in [-0.05, 0) is 56.3 Å². The lowest BCUT2D eigenvalue weighted by molar-refractivity contribution is -0.123. The number of nitrogens with two attached hydrogens (primary N) is 1. The van der Waals surface area contributed by atoms with Crippen molar-refractivity contribution in [2.75, 3.05) is 5.32 Å². The van der Waals surface area contributed by atoms with Crippen LogP contribution in [-0.4, -0.2) is 31.4 Å². The molecule has 3 rings (SSSR count). The van der Waals surface area contributed by atoms with Crippen molar-refractivity contribution in [2.45, 2.75) is 24.8 Å². The first kappa shape index (κ1) is 21.3. The quantitative estimate of drug-likeness (QED) is 0.598. The number of amides is 1.